The predicted octanol–water partition coefficient (Wildman–Crippen LogP) is 2.94. The molecule has 1 aromatic rings. The van der Waals surface area contributed by atoms with Crippen LogP contribution in [0.15, 0.2) is 30.3 Å². The lowest BCUT2D eigenvalue weighted by molar-refractivity contribution is -0.0140. The summed E-state index contributed by atoms with van der Waals surface area (Å²) in [7, 11) is 0. The Morgan fingerprint density at radius 1 is 1.23 bits per heavy atom. The third-order valence-corrected chi connectivity index (χ3v) is 2.77. The summed E-state index contributed by atoms with van der Waals surface area (Å²) < 4.78 is 0. The van der Waals surface area contributed by atoms with Gasteiger partial charge in [0.15, 0.2) is 0 Å². The highest BCUT2D eigenvalue weighted by atomic mass is 16.3. The van der Waals surface area contributed by atoms with Crippen molar-refractivity contribution < 1.29 is 5.11 Å². The predicted molar refractivity (Wildman–Crippen MR) is 55.5 cm³/mol. The third-order valence-electron chi connectivity index (χ3n) is 2.77. The van der Waals surface area contributed by atoms with Crippen LogP contribution in [0.5, 0.6) is 0 Å². The van der Waals surface area contributed by atoms with E-state index in [1.54, 1.807) is 0 Å². The molecule has 0 radical (unpaired) electrons. The summed E-state index contributed by atoms with van der Waals surface area (Å²) in [6.45, 7) is 6.12. The van der Waals surface area contributed by atoms with Crippen LogP contribution in [0.25, 0.3) is 0 Å². The fourth-order valence-electron chi connectivity index (χ4n) is 1.67. The van der Waals surface area contributed by atoms with E-state index in [0.29, 0.717) is 0 Å². The lowest BCUT2D eigenvalue weighted by Crippen LogP contribution is -2.30. The zero-order chi connectivity index (χ0) is 9.90. The molecule has 1 atom stereocenters. The first kappa shape index (κ1) is 10.3. The average molecular weight is 178 g/mol. The van der Waals surface area contributed by atoms with Crippen molar-refractivity contribution in [2.75, 3.05) is 0 Å². The molecule has 0 spiro atoms. The SMILES string of the molecule is CC[C@@](O)(c1ccccc1)C(C)C. The molecule has 1 nitrogen and oxygen atoms in total. The summed E-state index contributed by atoms with van der Waals surface area (Å²) >= 11 is 0. The Hall–Kier alpha value is -0.820. The van der Waals surface area contributed by atoms with E-state index in [4.69, 9.17) is 0 Å². The first-order valence-corrected chi connectivity index (χ1v) is 4.89. The van der Waals surface area contributed by atoms with E-state index < -0.39 is 5.60 Å². The lowest BCUT2D eigenvalue weighted by Gasteiger charge is -2.31. The molecule has 13 heavy (non-hydrogen) atoms. The molecule has 0 saturated carbocycles. The van der Waals surface area contributed by atoms with E-state index in [1.807, 2.05) is 37.3 Å². The highest BCUT2D eigenvalue weighted by Crippen LogP contribution is 2.32. The molecule has 0 bridgehead atoms. The molecule has 0 aliphatic rings. The van der Waals surface area contributed by atoms with Crippen LogP contribution in [0.1, 0.15) is 32.8 Å². The van der Waals surface area contributed by atoms with Gasteiger partial charge in [-0.2, -0.15) is 0 Å². The highest BCUT2D eigenvalue weighted by molar-refractivity contribution is 5.22. The average Bonchev–Trinajstić information content (AvgIpc) is 2.17. The highest BCUT2D eigenvalue weighted by Gasteiger charge is 2.30. The van der Waals surface area contributed by atoms with Crippen molar-refractivity contribution in [2.45, 2.75) is 32.8 Å². The molecule has 72 valence electrons. The van der Waals surface area contributed by atoms with Crippen molar-refractivity contribution in [3.63, 3.8) is 0 Å². The van der Waals surface area contributed by atoms with Crippen molar-refractivity contribution in [1.29, 1.82) is 0 Å². The number of rotatable bonds is 3. The Labute approximate surface area is 80.4 Å². The topological polar surface area (TPSA) is 20.2 Å². The van der Waals surface area contributed by atoms with Gasteiger partial charge in [0.25, 0.3) is 0 Å². The van der Waals surface area contributed by atoms with Gasteiger partial charge in [0, 0.05) is 0 Å². The van der Waals surface area contributed by atoms with Crippen LogP contribution < -0.4 is 0 Å². The van der Waals surface area contributed by atoms with Crippen molar-refractivity contribution in [3.05, 3.63) is 35.9 Å². The Balaban J connectivity index is 3.03. The van der Waals surface area contributed by atoms with Gasteiger partial charge in [-0.15, -0.1) is 0 Å². The summed E-state index contributed by atoms with van der Waals surface area (Å²) in [5, 5.41) is 10.4. The van der Waals surface area contributed by atoms with E-state index in [0.717, 1.165) is 12.0 Å². The Bertz CT molecular complexity index is 253. The number of benzene rings is 1. The molecule has 0 aliphatic heterocycles. The number of hydrogen-bond acceptors (Lipinski definition) is 1. The second kappa shape index (κ2) is 3.93. The number of aliphatic hydroxyl groups is 1. The van der Waals surface area contributed by atoms with Gasteiger partial charge in [0.05, 0.1) is 5.60 Å². The first-order valence-electron chi connectivity index (χ1n) is 4.89. The fraction of sp³-hybridized carbons (Fsp3) is 0.500. The molecule has 0 amide bonds. The van der Waals surface area contributed by atoms with Crippen molar-refractivity contribution >= 4 is 0 Å². The quantitative estimate of drug-likeness (QED) is 0.754. The van der Waals surface area contributed by atoms with Gasteiger partial charge in [-0.1, -0.05) is 51.1 Å². The normalized spacial score (nSPS) is 15.8. The van der Waals surface area contributed by atoms with Crippen LogP contribution in [0.4, 0.5) is 0 Å². The van der Waals surface area contributed by atoms with Gasteiger partial charge >= 0.3 is 0 Å². The fourth-order valence-corrected chi connectivity index (χ4v) is 1.67. The summed E-state index contributed by atoms with van der Waals surface area (Å²) in [5.74, 6) is 0.250. The van der Waals surface area contributed by atoms with E-state index in [-0.39, 0.29) is 5.92 Å². The molecular formula is C12H18O. The molecular weight excluding hydrogens is 160 g/mol. The van der Waals surface area contributed by atoms with Gasteiger partial charge in [0.1, 0.15) is 0 Å². The molecule has 1 heteroatoms. The van der Waals surface area contributed by atoms with Crippen LogP contribution in [-0.2, 0) is 5.60 Å². The van der Waals surface area contributed by atoms with Gasteiger partial charge in [-0.05, 0) is 17.9 Å². The second-order valence-corrected chi connectivity index (χ2v) is 3.80. The van der Waals surface area contributed by atoms with Gasteiger partial charge in [0.2, 0.25) is 0 Å². The maximum Gasteiger partial charge on any atom is 0.0916 e. The van der Waals surface area contributed by atoms with Crippen LogP contribution in [0, 0.1) is 5.92 Å². The third kappa shape index (κ3) is 1.92. The Kier molecular flexibility index (Phi) is 3.10. The minimum absolute atomic E-state index is 0.250. The Morgan fingerprint density at radius 3 is 2.15 bits per heavy atom. The largest absolute Gasteiger partial charge is 0.385 e. The molecule has 0 aliphatic carbocycles. The zero-order valence-corrected chi connectivity index (χ0v) is 8.62. The van der Waals surface area contributed by atoms with Gasteiger partial charge in [-0.3, -0.25) is 0 Å². The van der Waals surface area contributed by atoms with E-state index >= 15 is 0 Å². The van der Waals surface area contributed by atoms with Crippen molar-refractivity contribution in [1.82, 2.24) is 0 Å². The van der Waals surface area contributed by atoms with E-state index in [2.05, 4.69) is 13.8 Å². The lowest BCUT2D eigenvalue weighted by atomic mass is 9.81. The number of hydrogen-bond donors (Lipinski definition) is 1. The zero-order valence-electron chi connectivity index (χ0n) is 8.62. The van der Waals surface area contributed by atoms with E-state index in [9.17, 15) is 5.11 Å². The minimum atomic E-state index is -0.665. The van der Waals surface area contributed by atoms with E-state index in [1.165, 1.54) is 0 Å². The molecule has 1 aromatic carbocycles. The van der Waals surface area contributed by atoms with Gasteiger partial charge in [-0.25, -0.2) is 0 Å². The summed E-state index contributed by atoms with van der Waals surface area (Å²) in [5.41, 5.74) is 0.355. The Morgan fingerprint density at radius 2 is 1.77 bits per heavy atom. The molecule has 0 fully saturated rings. The first-order chi connectivity index (χ1) is 6.11. The smallest absolute Gasteiger partial charge is 0.0916 e. The van der Waals surface area contributed by atoms with Gasteiger partial charge < -0.3 is 5.11 Å². The summed E-state index contributed by atoms with van der Waals surface area (Å²) in [4.78, 5) is 0. The molecule has 0 unspecified atom stereocenters. The molecule has 0 heterocycles. The molecule has 1 rings (SSSR count). The minimum Gasteiger partial charge on any atom is -0.385 e. The monoisotopic (exact) mass is 178 g/mol. The second-order valence-electron chi connectivity index (χ2n) is 3.80. The van der Waals surface area contributed by atoms with Crippen LogP contribution in [0.2, 0.25) is 0 Å². The van der Waals surface area contributed by atoms with Crippen molar-refractivity contribution in [2.24, 2.45) is 5.92 Å². The van der Waals surface area contributed by atoms with Crippen LogP contribution in [0.3, 0.4) is 0 Å². The maximum absolute atomic E-state index is 10.4. The molecule has 0 saturated heterocycles. The van der Waals surface area contributed by atoms with Crippen molar-refractivity contribution in [3.8, 4) is 0 Å². The summed E-state index contributed by atoms with van der Waals surface area (Å²) in [6, 6.07) is 9.89. The molecule has 1 N–H and O–H groups in total. The van der Waals surface area contributed by atoms with Crippen LogP contribution in [-0.4, -0.2) is 5.11 Å². The molecule has 0 aromatic heterocycles. The van der Waals surface area contributed by atoms with Crippen LogP contribution >= 0.6 is 0 Å². The summed E-state index contributed by atoms with van der Waals surface area (Å²) in [6.07, 6.45) is 0.759. The standard InChI is InChI=1S/C12H18O/c1-4-12(13,10(2)3)11-8-6-5-7-9-11/h5-10,13H,4H2,1-3H3/t12-/m0/s1. The maximum atomic E-state index is 10.4.